The Morgan fingerprint density at radius 2 is 2.14 bits per heavy atom. The fourth-order valence-electron chi connectivity index (χ4n) is 1.71. The summed E-state index contributed by atoms with van der Waals surface area (Å²) in [5, 5.41) is 13.0. The third-order valence-electron chi connectivity index (χ3n) is 2.84. The van der Waals surface area contributed by atoms with Gasteiger partial charge in [0.25, 0.3) is 0 Å². The van der Waals surface area contributed by atoms with Crippen LogP contribution in [0.1, 0.15) is 16.9 Å². The number of benzene rings is 1. The lowest BCUT2D eigenvalue weighted by atomic mass is 10.2. The van der Waals surface area contributed by atoms with Gasteiger partial charge in [-0.05, 0) is 24.6 Å². The van der Waals surface area contributed by atoms with Gasteiger partial charge in [0.15, 0.2) is 0 Å². The molecule has 0 atom stereocenters. The van der Waals surface area contributed by atoms with E-state index in [-0.39, 0.29) is 0 Å². The molecule has 0 N–H and O–H groups in total. The predicted octanol–water partition coefficient (Wildman–Crippen LogP) is 3.35. The van der Waals surface area contributed by atoms with Gasteiger partial charge < -0.3 is 4.42 Å². The van der Waals surface area contributed by atoms with E-state index in [2.05, 4.69) is 46.5 Å². The lowest BCUT2D eigenvalue weighted by molar-refractivity contribution is 0.559. The van der Waals surface area contributed by atoms with Crippen molar-refractivity contribution in [3.63, 3.8) is 0 Å². The fourth-order valence-corrected chi connectivity index (χ4v) is 2.53. The summed E-state index contributed by atoms with van der Waals surface area (Å²) in [7, 11) is 0. The third-order valence-corrected chi connectivity index (χ3v) is 3.85. The quantitative estimate of drug-likeness (QED) is 0.535. The molecule has 0 saturated heterocycles. The molecule has 0 saturated carbocycles. The van der Waals surface area contributed by atoms with E-state index in [0.717, 1.165) is 10.9 Å². The van der Waals surface area contributed by atoms with E-state index in [0.29, 0.717) is 5.76 Å². The van der Waals surface area contributed by atoms with Crippen molar-refractivity contribution < 1.29 is 4.42 Å². The molecule has 5 nitrogen and oxygen atoms in total. The highest BCUT2D eigenvalue weighted by molar-refractivity contribution is 7.98. The second kappa shape index (κ2) is 6.41. The number of hydrogen-bond donors (Lipinski definition) is 0. The molecule has 3 rings (SSSR count). The maximum atomic E-state index is 5.20. The zero-order chi connectivity index (χ0) is 14.5. The minimum absolute atomic E-state index is 0.693. The zero-order valence-corrected chi connectivity index (χ0v) is 12.3. The molecule has 0 amide bonds. The number of aryl methyl sites for hydroxylation is 1. The Morgan fingerprint density at radius 1 is 1.29 bits per heavy atom. The fraction of sp³-hybridized carbons (Fsp3) is 0.133. The SMILES string of the molecule is Cc1ccc(CSc2nncn2/N=C/c2ccco2)cc1. The first-order valence-corrected chi connectivity index (χ1v) is 7.46. The Labute approximate surface area is 126 Å². The molecule has 0 radical (unpaired) electrons. The van der Waals surface area contributed by atoms with E-state index < -0.39 is 0 Å². The molecule has 106 valence electrons. The van der Waals surface area contributed by atoms with E-state index in [9.17, 15) is 0 Å². The van der Waals surface area contributed by atoms with Crippen LogP contribution in [-0.2, 0) is 5.75 Å². The van der Waals surface area contributed by atoms with Gasteiger partial charge in [-0.1, -0.05) is 41.6 Å². The van der Waals surface area contributed by atoms with Crippen LogP contribution >= 0.6 is 11.8 Å². The molecule has 1 aromatic carbocycles. The van der Waals surface area contributed by atoms with Gasteiger partial charge in [0.2, 0.25) is 5.16 Å². The molecule has 2 aromatic heterocycles. The molecule has 0 bridgehead atoms. The van der Waals surface area contributed by atoms with Gasteiger partial charge >= 0.3 is 0 Å². The van der Waals surface area contributed by atoms with Crippen molar-refractivity contribution in [3.8, 4) is 0 Å². The van der Waals surface area contributed by atoms with Crippen molar-refractivity contribution >= 4 is 18.0 Å². The van der Waals surface area contributed by atoms with Gasteiger partial charge in [-0.3, -0.25) is 0 Å². The van der Waals surface area contributed by atoms with E-state index in [1.165, 1.54) is 11.1 Å². The Balaban J connectivity index is 1.66. The molecular formula is C15H14N4OS. The summed E-state index contributed by atoms with van der Waals surface area (Å²) < 4.78 is 6.84. The first-order chi connectivity index (χ1) is 10.3. The maximum absolute atomic E-state index is 5.20. The van der Waals surface area contributed by atoms with Crippen LogP contribution < -0.4 is 0 Å². The largest absolute Gasteiger partial charge is 0.463 e. The lowest BCUT2D eigenvalue weighted by Gasteiger charge is -2.01. The molecule has 0 aliphatic rings. The number of aromatic nitrogens is 3. The summed E-state index contributed by atoms with van der Waals surface area (Å²) in [5.74, 6) is 1.52. The smallest absolute Gasteiger partial charge is 0.212 e. The van der Waals surface area contributed by atoms with Crippen molar-refractivity contribution in [2.24, 2.45) is 5.10 Å². The highest BCUT2D eigenvalue weighted by atomic mass is 32.2. The van der Waals surface area contributed by atoms with Gasteiger partial charge in [0.1, 0.15) is 12.1 Å². The Morgan fingerprint density at radius 3 is 2.90 bits per heavy atom. The molecule has 0 aliphatic heterocycles. The number of furan rings is 1. The van der Waals surface area contributed by atoms with Gasteiger partial charge in [0, 0.05) is 5.75 Å². The first kappa shape index (κ1) is 13.6. The van der Waals surface area contributed by atoms with Crippen molar-refractivity contribution in [1.82, 2.24) is 14.9 Å². The minimum Gasteiger partial charge on any atom is -0.463 e. The zero-order valence-electron chi connectivity index (χ0n) is 11.5. The highest BCUT2D eigenvalue weighted by Crippen LogP contribution is 2.20. The maximum Gasteiger partial charge on any atom is 0.212 e. The third kappa shape index (κ3) is 3.61. The van der Waals surface area contributed by atoms with E-state index in [1.807, 2.05) is 12.1 Å². The van der Waals surface area contributed by atoms with Crippen LogP contribution in [0.5, 0.6) is 0 Å². The monoisotopic (exact) mass is 298 g/mol. The van der Waals surface area contributed by atoms with Crippen LogP contribution in [0.3, 0.4) is 0 Å². The van der Waals surface area contributed by atoms with Crippen LogP contribution in [0.4, 0.5) is 0 Å². The molecule has 3 aromatic rings. The van der Waals surface area contributed by atoms with Gasteiger partial charge in [-0.2, -0.15) is 9.78 Å². The minimum atomic E-state index is 0.693. The molecule has 2 heterocycles. The van der Waals surface area contributed by atoms with E-state index in [4.69, 9.17) is 4.42 Å². The van der Waals surface area contributed by atoms with Crippen LogP contribution in [-0.4, -0.2) is 21.1 Å². The summed E-state index contributed by atoms with van der Waals surface area (Å²) in [6.07, 6.45) is 4.83. The van der Waals surface area contributed by atoms with E-state index >= 15 is 0 Å². The predicted molar refractivity (Wildman–Crippen MR) is 82.5 cm³/mol. The standard InChI is InChI=1S/C15H14N4OS/c1-12-4-6-13(7-5-12)10-21-15-18-16-11-19(15)17-9-14-3-2-8-20-14/h2-9,11H,10H2,1H3/b17-9+. The van der Waals surface area contributed by atoms with Gasteiger partial charge in [-0.15, -0.1) is 10.2 Å². The summed E-state index contributed by atoms with van der Waals surface area (Å²) in [4.78, 5) is 0. The Hall–Kier alpha value is -2.34. The Bertz CT molecular complexity index is 716. The summed E-state index contributed by atoms with van der Waals surface area (Å²) in [6, 6.07) is 12.1. The summed E-state index contributed by atoms with van der Waals surface area (Å²) >= 11 is 1.59. The molecule has 0 spiro atoms. The van der Waals surface area contributed by atoms with Crippen molar-refractivity contribution in [2.75, 3.05) is 0 Å². The van der Waals surface area contributed by atoms with Crippen molar-refractivity contribution in [3.05, 3.63) is 65.9 Å². The first-order valence-electron chi connectivity index (χ1n) is 6.47. The van der Waals surface area contributed by atoms with Crippen LogP contribution in [0, 0.1) is 6.92 Å². The average Bonchev–Trinajstić information content (AvgIpc) is 3.16. The summed E-state index contributed by atoms with van der Waals surface area (Å²) in [5.41, 5.74) is 2.50. The molecule has 21 heavy (non-hydrogen) atoms. The second-order valence-corrected chi connectivity index (χ2v) is 5.43. The Kier molecular flexibility index (Phi) is 4.16. The van der Waals surface area contributed by atoms with Crippen molar-refractivity contribution in [1.29, 1.82) is 0 Å². The lowest BCUT2D eigenvalue weighted by Crippen LogP contribution is -1.92. The van der Waals surface area contributed by atoms with Crippen molar-refractivity contribution in [2.45, 2.75) is 17.8 Å². The number of hydrogen-bond acceptors (Lipinski definition) is 5. The number of nitrogens with zero attached hydrogens (tertiary/aromatic N) is 4. The number of rotatable bonds is 5. The second-order valence-electron chi connectivity index (χ2n) is 4.49. The summed E-state index contributed by atoms with van der Waals surface area (Å²) in [6.45, 7) is 2.08. The molecule has 0 fully saturated rings. The molecule has 6 heteroatoms. The number of thioether (sulfide) groups is 1. The van der Waals surface area contributed by atoms with Gasteiger partial charge in [0.05, 0.1) is 12.5 Å². The van der Waals surface area contributed by atoms with Crippen LogP contribution in [0.15, 0.2) is 63.7 Å². The average molecular weight is 298 g/mol. The molecular weight excluding hydrogens is 284 g/mol. The topological polar surface area (TPSA) is 56.2 Å². The normalized spacial score (nSPS) is 11.3. The van der Waals surface area contributed by atoms with E-state index in [1.54, 1.807) is 35.2 Å². The van der Waals surface area contributed by atoms with Gasteiger partial charge in [-0.25, -0.2) is 0 Å². The van der Waals surface area contributed by atoms with Crippen LogP contribution in [0.25, 0.3) is 0 Å². The molecule has 0 aliphatic carbocycles. The highest BCUT2D eigenvalue weighted by Gasteiger charge is 2.04. The van der Waals surface area contributed by atoms with Crippen LogP contribution in [0.2, 0.25) is 0 Å². The molecule has 0 unspecified atom stereocenters.